The summed E-state index contributed by atoms with van der Waals surface area (Å²) in [5, 5.41) is 0.592. The van der Waals surface area contributed by atoms with Gasteiger partial charge in [-0.3, -0.25) is 9.36 Å². The molecular formula is C20H17F3N4OS. The van der Waals surface area contributed by atoms with Crippen LogP contribution in [0.1, 0.15) is 11.4 Å². The van der Waals surface area contributed by atoms with Crippen LogP contribution in [0.5, 0.6) is 0 Å². The molecule has 0 atom stereocenters. The molecule has 0 amide bonds. The van der Waals surface area contributed by atoms with Gasteiger partial charge in [0.2, 0.25) is 0 Å². The van der Waals surface area contributed by atoms with Gasteiger partial charge >= 0.3 is 6.18 Å². The molecule has 0 N–H and O–H groups in total. The van der Waals surface area contributed by atoms with Crippen LogP contribution < -0.4 is 10.5 Å². The van der Waals surface area contributed by atoms with Crippen LogP contribution in [0.2, 0.25) is 0 Å². The fraction of sp³-hybridized carbons (Fsp3) is 0.250. The van der Waals surface area contributed by atoms with Crippen molar-refractivity contribution in [3.8, 4) is 5.69 Å². The van der Waals surface area contributed by atoms with Crippen LogP contribution in [0.25, 0.3) is 26.1 Å². The highest BCUT2D eigenvalue weighted by Gasteiger charge is 2.32. The standard InChI is InChI=1S/C20H17F3N4OS/c1-11-4-6-12(7-5-11)27-14(10-20(21,22)23)25-16-15-13(26(2)3)8-9-24-18(15)29-17(16)19(27)28/h4-9H,10H2,1-3H3. The zero-order valence-corrected chi connectivity index (χ0v) is 16.7. The summed E-state index contributed by atoms with van der Waals surface area (Å²) >= 11 is 1.14. The number of hydrogen-bond acceptors (Lipinski definition) is 5. The van der Waals surface area contributed by atoms with Gasteiger partial charge in [-0.15, -0.1) is 11.3 Å². The Morgan fingerprint density at radius 1 is 1.14 bits per heavy atom. The molecule has 5 nitrogen and oxygen atoms in total. The molecule has 0 spiro atoms. The molecule has 0 radical (unpaired) electrons. The molecule has 4 aromatic rings. The zero-order valence-electron chi connectivity index (χ0n) is 15.9. The lowest BCUT2D eigenvalue weighted by atomic mass is 10.2. The fourth-order valence-electron chi connectivity index (χ4n) is 3.27. The number of thiophene rings is 1. The number of halogens is 3. The third-order valence-corrected chi connectivity index (χ3v) is 5.65. The Morgan fingerprint density at radius 2 is 1.83 bits per heavy atom. The normalized spacial score (nSPS) is 12.1. The summed E-state index contributed by atoms with van der Waals surface area (Å²) in [6.07, 6.45) is -4.20. The first-order chi connectivity index (χ1) is 13.7. The predicted molar refractivity (Wildman–Crippen MR) is 109 cm³/mol. The maximum absolute atomic E-state index is 13.3. The van der Waals surface area contributed by atoms with E-state index in [1.807, 2.05) is 25.9 Å². The first kappa shape index (κ1) is 19.4. The van der Waals surface area contributed by atoms with E-state index in [-0.39, 0.29) is 16.0 Å². The highest BCUT2D eigenvalue weighted by Crippen LogP contribution is 2.36. The lowest BCUT2D eigenvalue weighted by Gasteiger charge is -2.15. The van der Waals surface area contributed by atoms with E-state index in [0.717, 1.165) is 27.2 Å². The van der Waals surface area contributed by atoms with Gasteiger partial charge in [0.25, 0.3) is 5.56 Å². The Labute approximate surface area is 168 Å². The van der Waals surface area contributed by atoms with Gasteiger partial charge in [0.15, 0.2) is 0 Å². The number of nitrogens with zero attached hydrogens (tertiary/aromatic N) is 4. The molecule has 1 aromatic carbocycles. The van der Waals surface area contributed by atoms with Crippen LogP contribution in [0.4, 0.5) is 18.9 Å². The lowest BCUT2D eigenvalue weighted by molar-refractivity contribution is -0.128. The summed E-state index contributed by atoms with van der Waals surface area (Å²) < 4.78 is 41.3. The summed E-state index contributed by atoms with van der Waals surface area (Å²) in [6.45, 7) is 1.87. The van der Waals surface area contributed by atoms with Crippen molar-refractivity contribution in [3.63, 3.8) is 0 Å². The van der Waals surface area contributed by atoms with Crippen molar-refractivity contribution in [2.24, 2.45) is 0 Å². The van der Waals surface area contributed by atoms with Gasteiger partial charge in [-0.25, -0.2) is 9.97 Å². The van der Waals surface area contributed by atoms with Crippen molar-refractivity contribution in [1.82, 2.24) is 14.5 Å². The smallest absolute Gasteiger partial charge is 0.377 e. The second-order valence-corrected chi connectivity index (χ2v) is 7.98. The van der Waals surface area contributed by atoms with Crippen LogP contribution in [-0.2, 0) is 6.42 Å². The average Bonchev–Trinajstić information content (AvgIpc) is 3.01. The van der Waals surface area contributed by atoms with Crippen LogP contribution in [-0.4, -0.2) is 34.8 Å². The Bertz CT molecular complexity index is 1270. The van der Waals surface area contributed by atoms with Crippen LogP contribution in [0, 0.1) is 6.92 Å². The Hall–Kier alpha value is -2.94. The quantitative estimate of drug-likeness (QED) is 0.493. The number of anilines is 1. The summed E-state index contributed by atoms with van der Waals surface area (Å²) in [5.74, 6) is -0.341. The molecule has 0 aliphatic heterocycles. The second-order valence-electron chi connectivity index (χ2n) is 6.98. The minimum Gasteiger partial charge on any atom is -0.377 e. The SMILES string of the molecule is Cc1ccc(-n2c(CC(F)(F)F)nc3c(sc4nccc(N(C)C)c43)c2=O)cc1. The topological polar surface area (TPSA) is 51.0 Å². The van der Waals surface area contributed by atoms with Crippen LogP contribution >= 0.6 is 11.3 Å². The number of fused-ring (bicyclic) bond motifs is 3. The molecule has 3 heterocycles. The van der Waals surface area contributed by atoms with Crippen molar-refractivity contribution in [2.75, 3.05) is 19.0 Å². The monoisotopic (exact) mass is 418 g/mol. The van der Waals surface area contributed by atoms with Gasteiger partial charge in [-0.05, 0) is 25.1 Å². The third kappa shape index (κ3) is 3.46. The predicted octanol–water partition coefficient (Wildman–Crippen LogP) is 4.47. The number of benzene rings is 1. The van der Waals surface area contributed by atoms with E-state index in [1.54, 1.807) is 36.5 Å². The second kappa shape index (κ2) is 6.84. The highest BCUT2D eigenvalue weighted by molar-refractivity contribution is 7.25. The van der Waals surface area contributed by atoms with E-state index in [4.69, 9.17) is 0 Å². The molecule has 29 heavy (non-hydrogen) atoms. The van der Waals surface area contributed by atoms with Crippen molar-refractivity contribution in [3.05, 3.63) is 58.3 Å². The average molecular weight is 418 g/mol. The molecule has 0 fully saturated rings. The summed E-state index contributed by atoms with van der Waals surface area (Å²) in [4.78, 5) is 24.3. The van der Waals surface area contributed by atoms with Gasteiger partial charge in [-0.2, -0.15) is 13.2 Å². The van der Waals surface area contributed by atoms with E-state index < -0.39 is 18.2 Å². The van der Waals surface area contributed by atoms with E-state index >= 15 is 0 Å². The maximum atomic E-state index is 13.3. The first-order valence-electron chi connectivity index (χ1n) is 8.80. The minimum atomic E-state index is -4.51. The lowest BCUT2D eigenvalue weighted by Crippen LogP contribution is -2.27. The van der Waals surface area contributed by atoms with E-state index in [2.05, 4.69) is 9.97 Å². The molecule has 0 aliphatic carbocycles. The number of aromatic nitrogens is 3. The minimum absolute atomic E-state index is 0.259. The highest BCUT2D eigenvalue weighted by atomic mass is 32.1. The number of alkyl halides is 3. The summed E-state index contributed by atoms with van der Waals surface area (Å²) in [5.41, 5.74) is 1.78. The van der Waals surface area contributed by atoms with Gasteiger partial charge in [0, 0.05) is 20.3 Å². The van der Waals surface area contributed by atoms with E-state index in [0.29, 0.717) is 15.9 Å². The number of rotatable bonds is 3. The number of pyridine rings is 1. The molecule has 4 rings (SSSR count). The van der Waals surface area contributed by atoms with Crippen LogP contribution in [0.3, 0.4) is 0 Å². The zero-order chi connectivity index (χ0) is 20.9. The van der Waals surface area contributed by atoms with Crippen molar-refractivity contribution >= 4 is 37.5 Å². The van der Waals surface area contributed by atoms with Crippen LogP contribution in [0.15, 0.2) is 41.3 Å². The Kier molecular flexibility index (Phi) is 4.57. The van der Waals surface area contributed by atoms with E-state index in [9.17, 15) is 18.0 Å². The largest absolute Gasteiger partial charge is 0.396 e. The molecule has 0 saturated heterocycles. The first-order valence-corrected chi connectivity index (χ1v) is 9.61. The molecule has 0 bridgehead atoms. The van der Waals surface area contributed by atoms with Crippen molar-refractivity contribution in [1.29, 1.82) is 0 Å². The fourth-order valence-corrected chi connectivity index (χ4v) is 4.30. The van der Waals surface area contributed by atoms with E-state index in [1.165, 1.54) is 0 Å². The summed E-state index contributed by atoms with van der Waals surface area (Å²) in [6, 6.07) is 8.51. The molecule has 0 aliphatic rings. The Balaban J connectivity index is 2.12. The van der Waals surface area contributed by atoms with Crippen molar-refractivity contribution in [2.45, 2.75) is 19.5 Å². The molecule has 9 heteroatoms. The van der Waals surface area contributed by atoms with Gasteiger partial charge in [0.1, 0.15) is 27.3 Å². The molecule has 0 saturated carbocycles. The van der Waals surface area contributed by atoms with Gasteiger partial charge < -0.3 is 4.90 Å². The molecule has 3 aromatic heterocycles. The Morgan fingerprint density at radius 3 is 2.45 bits per heavy atom. The third-order valence-electron chi connectivity index (χ3n) is 4.57. The van der Waals surface area contributed by atoms with Gasteiger partial charge in [-0.1, -0.05) is 17.7 Å². The summed E-state index contributed by atoms with van der Waals surface area (Å²) in [7, 11) is 3.64. The number of hydrogen-bond donors (Lipinski definition) is 0. The number of aryl methyl sites for hydroxylation is 1. The maximum Gasteiger partial charge on any atom is 0.396 e. The van der Waals surface area contributed by atoms with Gasteiger partial charge in [0.05, 0.1) is 16.8 Å². The molecular weight excluding hydrogens is 401 g/mol. The molecule has 150 valence electrons. The van der Waals surface area contributed by atoms with Crippen molar-refractivity contribution < 1.29 is 13.2 Å². The molecule has 0 unspecified atom stereocenters.